The zero-order valence-corrected chi connectivity index (χ0v) is 32.2. The van der Waals surface area contributed by atoms with Gasteiger partial charge in [0.1, 0.15) is 29.9 Å². The number of carboxylic acids is 1. The van der Waals surface area contributed by atoms with E-state index in [-0.39, 0.29) is 25.0 Å². The highest BCUT2D eigenvalue weighted by Gasteiger charge is 2.33. The molecule has 0 bridgehead atoms. The average Bonchev–Trinajstić information content (AvgIpc) is 3.61. The van der Waals surface area contributed by atoms with Gasteiger partial charge in [-0.05, 0) is 40.8 Å². The number of H-pyrrole nitrogens is 1. The number of carbonyl (C=O) groups is 7. The summed E-state index contributed by atoms with van der Waals surface area (Å²) in [6.07, 6.45) is 1.57. The molecule has 308 valence electrons. The molecule has 6 amide bonds. The molecule has 6 atom stereocenters. The second kappa shape index (κ2) is 21.0. The number of para-hydroxylation sites is 1. The molecule has 1 heterocycles. The molecule has 0 unspecified atom stereocenters. The van der Waals surface area contributed by atoms with Crippen LogP contribution in [0, 0.1) is 5.92 Å². The number of phenolic OH excluding ortho intramolecular Hbond substituents is 1. The summed E-state index contributed by atoms with van der Waals surface area (Å²) in [7, 11) is 0. The number of rotatable bonds is 21. The van der Waals surface area contributed by atoms with Gasteiger partial charge >= 0.3 is 5.97 Å². The van der Waals surface area contributed by atoms with Crippen LogP contribution in [0.3, 0.4) is 0 Å². The van der Waals surface area contributed by atoms with E-state index >= 15 is 0 Å². The van der Waals surface area contributed by atoms with Crippen LogP contribution in [0.4, 0.5) is 0 Å². The number of aliphatic carboxylic acids is 1. The van der Waals surface area contributed by atoms with Crippen LogP contribution in [0.25, 0.3) is 10.9 Å². The molecule has 58 heavy (non-hydrogen) atoms. The lowest BCUT2D eigenvalue weighted by Gasteiger charge is -2.26. The number of hydrogen-bond acceptors (Lipinski definition) is 9. The summed E-state index contributed by atoms with van der Waals surface area (Å²) in [6.45, 7) is 2.85. The van der Waals surface area contributed by atoms with Gasteiger partial charge in [-0.3, -0.25) is 28.8 Å². The molecule has 0 saturated heterocycles. The molecule has 0 aliphatic rings. The molecule has 0 aliphatic heterocycles. The minimum atomic E-state index is -1.35. The number of aromatic hydroxyl groups is 1. The third-order valence-corrected chi connectivity index (χ3v) is 9.63. The average molecular weight is 799 g/mol. The highest BCUT2D eigenvalue weighted by molar-refractivity contribution is 5.96. The maximum atomic E-state index is 14.1. The van der Waals surface area contributed by atoms with Gasteiger partial charge in [0.05, 0.1) is 19.0 Å². The van der Waals surface area contributed by atoms with Crippen molar-refractivity contribution in [1.29, 1.82) is 0 Å². The number of primary amides is 1. The number of carbonyl (C=O) groups excluding carboxylic acids is 6. The maximum absolute atomic E-state index is 14.1. The lowest BCUT2D eigenvalue weighted by Crippen LogP contribution is -2.58. The topological polar surface area (TPSA) is 288 Å². The number of fused-ring (bicyclic) bond motifs is 1. The first-order chi connectivity index (χ1) is 27.6. The van der Waals surface area contributed by atoms with Crippen molar-refractivity contribution < 1.29 is 43.8 Å². The molecule has 0 fully saturated rings. The number of phenols is 1. The van der Waals surface area contributed by atoms with E-state index < -0.39 is 90.5 Å². The smallest absolute Gasteiger partial charge is 0.326 e. The van der Waals surface area contributed by atoms with E-state index in [0.29, 0.717) is 23.1 Å². The van der Waals surface area contributed by atoms with E-state index in [1.54, 1.807) is 50.4 Å². The quantitative estimate of drug-likeness (QED) is 0.0550. The normalized spacial score (nSPS) is 14.1. The molecule has 17 heteroatoms. The Morgan fingerprint density at radius 3 is 1.91 bits per heavy atom. The Kier molecular flexibility index (Phi) is 15.9. The number of carboxylic acid groups (broad SMARTS) is 1. The summed E-state index contributed by atoms with van der Waals surface area (Å²) in [5.74, 6) is -6.41. The van der Waals surface area contributed by atoms with Gasteiger partial charge in [-0.15, -0.1) is 0 Å². The van der Waals surface area contributed by atoms with Gasteiger partial charge < -0.3 is 53.2 Å². The van der Waals surface area contributed by atoms with E-state index in [1.807, 2.05) is 24.3 Å². The molecule has 0 saturated carbocycles. The minimum absolute atomic E-state index is 0.0182. The summed E-state index contributed by atoms with van der Waals surface area (Å²) < 4.78 is 0. The second-order valence-electron chi connectivity index (χ2n) is 14.1. The maximum Gasteiger partial charge on any atom is 0.326 e. The predicted molar refractivity (Wildman–Crippen MR) is 214 cm³/mol. The van der Waals surface area contributed by atoms with Gasteiger partial charge in [0, 0.05) is 36.4 Å². The van der Waals surface area contributed by atoms with E-state index in [9.17, 15) is 43.8 Å². The van der Waals surface area contributed by atoms with Gasteiger partial charge in [0.2, 0.25) is 35.4 Å². The Morgan fingerprint density at radius 2 is 1.28 bits per heavy atom. The number of aromatic amines is 1. The van der Waals surface area contributed by atoms with Crippen molar-refractivity contribution in [1.82, 2.24) is 31.6 Å². The standard InChI is InChI=1S/C41H50N8O9/c1-3-23(2)36(41(57)58)49-40(56)33(19-26-21-44-30-12-8-7-11-28(26)30)48-39(55)32(17-24-9-5-4-6-10-24)46-35(52)22-45-38(54)31(18-25-13-15-27(50)16-14-25)47-37(53)29(42)20-34(43)51/h4-16,21,23,29,31-33,36,44,50H,3,17-20,22,42H2,1-2H3,(H2,43,51)(H,45,54)(H,46,52)(H,47,53)(H,48,55)(H,49,56)(H,57,58)/t23-,29-,31-,32-,33-,36-/m0/s1. The third kappa shape index (κ3) is 12.9. The third-order valence-electron chi connectivity index (χ3n) is 9.63. The van der Waals surface area contributed by atoms with Crippen molar-refractivity contribution in [3.05, 3.63) is 102 Å². The molecule has 12 N–H and O–H groups in total. The Bertz CT molecular complexity index is 2070. The summed E-state index contributed by atoms with van der Waals surface area (Å²) in [5.41, 5.74) is 13.6. The second-order valence-corrected chi connectivity index (χ2v) is 14.1. The van der Waals surface area contributed by atoms with Gasteiger partial charge in [-0.1, -0.05) is 80.9 Å². The molecule has 4 aromatic rings. The van der Waals surface area contributed by atoms with Crippen LogP contribution in [0.5, 0.6) is 5.75 Å². The number of hydrogen-bond donors (Lipinski definition) is 10. The first-order valence-corrected chi connectivity index (χ1v) is 18.8. The van der Waals surface area contributed by atoms with Crippen LogP contribution < -0.4 is 38.1 Å². The Labute approximate surface area is 334 Å². The lowest BCUT2D eigenvalue weighted by atomic mass is 9.97. The molecule has 0 aliphatic carbocycles. The monoisotopic (exact) mass is 798 g/mol. The highest BCUT2D eigenvalue weighted by Crippen LogP contribution is 2.20. The van der Waals surface area contributed by atoms with Crippen LogP contribution in [0.1, 0.15) is 43.4 Å². The van der Waals surface area contributed by atoms with E-state index in [2.05, 4.69) is 31.6 Å². The zero-order valence-electron chi connectivity index (χ0n) is 32.2. The molecule has 1 aromatic heterocycles. The first-order valence-electron chi connectivity index (χ1n) is 18.8. The summed E-state index contributed by atoms with van der Waals surface area (Å²) in [5, 5.41) is 33.3. The van der Waals surface area contributed by atoms with Crippen molar-refractivity contribution >= 4 is 52.3 Å². The number of nitrogens with two attached hydrogens (primary N) is 2. The molecular weight excluding hydrogens is 748 g/mol. The van der Waals surface area contributed by atoms with E-state index in [0.717, 1.165) is 10.9 Å². The SMILES string of the molecule is CC[C@H](C)[C@H](NC(=O)[C@H](Cc1c[nH]c2ccccc12)NC(=O)[C@H](Cc1ccccc1)NC(=O)CNC(=O)[C@H](Cc1ccc(O)cc1)NC(=O)[C@@H](N)CC(N)=O)C(=O)O. The fourth-order valence-electron chi connectivity index (χ4n) is 6.20. The van der Waals surface area contributed by atoms with Crippen LogP contribution in [0.15, 0.2) is 85.1 Å². The molecule has 0 spiro atoms. The lowest BCUT2D eigenvalue weighted by molar-refractivity contribution is -0.143. The summed E-state index contributed by atoms with van der Waals surface area (Å²) >= 11 is 0. The first kappa shape index (κ1) is 44.0. The van der Waals surface area contributed by atoms with Crippen molar-refractivity contribution in [2.45, 2.75) is 76.2 Å². The van der Waals surface area contributed by atoms with Crippen molar-refractivity contribution in [3.8, 4) is 5.75 Å². The Balaban J connectivity index is 1.54. The van der Waals surface area contributed by atoms with Crippen LogP contribution in [-0.2, 0) is 52.8 Å². The van der Waals surface area contributed by atoms with Crippen molar-refractivity contribution in [2.75, 3.05) is 6.54 Å². The Morgan fingerprint density at radius 1 is 0.707 bits per heavy atom. The summed E-state index contributed by atoms with van der Waals surface area (Å²) in [4.78, 5) is 94.2. The highest BCUT2D eigenvalue weighted by atomic mass is 16.4. The zero-order chi connectivity index (χ0) is 42.4. The fraction of sp³-hybridized carbons (Fsp3) is 0.341. The van der Waals surface area contributed by atoms with Gasteiger partial charge in [-0.2, -0.15) is 0 Å². The summed E-state index contributed by atoms with van der Waals surface area (Å²) in [6, 6.07) is 15.6. The number of benzene rings is 3. The molecule has 17 nitrogen and oxygen atoms in total. The van der Waals surface area contributed by atoms with Crippen LogP contribution in [-0.4, -0.2) is 93.4 Å². The van der Waals surface area contributed by atoms with E-state index in [4.69, 9.17) is 11.5 Å². The van der Waals surface area contributed by atoms with E-state index in [1.165, 1.54) is 24.3 Å². The van der Waals surface area contributed by atoms with Crippen LogP contribution in [0.2, 0.25) is 0 Å². The minimum Gasteiger partial charge on any atom is -0.508 e. The largest absolute Gasteiger partial charge is 0.508 e. The van der Waals surface area contributed by atoms with Crippen molar-refractivity contribution in [3.63, 3.8) is 0 Å². The number of aromatic nitrogens is 1. The number of nitrogens with one attached hydrogen (secondary N) is 6. The van der Waals surface area contributed by atoms with Gasteiger partial charge in [0.15, 0.2) is 0 Å². The van der Waals surface area contributed by atoms with Crippen LogP contribution >= 0.6 is 0 Å². The predicted octanol–water partition coefficient (Wildman–Crippen LogP) is 0.290. The number of amides is 6. The van der Waals surface area contributed by atoms with Crippen molar-refractivity contribution in [2.24, 2.45) is 17.4 Å². The molecule has 3 aromatic carbocycles. The molecule has 0 radical (unpaired) electrons. The Hall–Kier alpha value is -6.75. The molecule has 4 rings (SSSR count). The van der Waals surface area contributed by atoms with Gasteiger partial charge in [0.25, 0.3) is 0 Å². The molecular formula is C41H50N8O9. The fourth-order valence-corrected chi connectivity index (χ4v) is 6.20. The van der Waals surface area contributed by atoms with Gasteiger partial charge in [-0.25, -0.2) is 4.79 Å².